The molecule has 0 bridgehead atoms. The average molecular weight is 407 g/mol. The van der Waals surface area contributed by atoms with Gasteiger partial charge >= 0.3 is 5.97 Å². The van der Waals surface area contributed by atoms with Gasteiger partial charge in [0.25, 0.3) is 5.91 Å². The van der Waals surface area contributed by atoms with E-state index in [1.165, 1.54) is 0 Å². The van der Waals surface area contributed by atoms with Gasteiger partial charge in [-0.25, -0.2) is 10.2 Å². The first-order chi connectivity index (χ1) is 14.5. The van der Waals surface area contributed by atoms with Crippen LogP contribution in [0.5, 0.6) is 0 Å². The van der Waals surface area contributed by atoms with Crippen molar-refractivity contribution < 1.29 is 19.9 Å². The fourth-order valence-corrected chi connectivity index (χ4v) is 3.76. The van der Waals surface area contributed by atoms with E-state index in [0.29, 0.717) is 30.8 Å². The first-order valence-corrected chi connectivity index (χ1v) is 9.52. The quantitative estimate of drug-likeness (QED) is 0.422. The number of aliphatic carboxylic acids is 1. The van der Waals surface area contributed by atoms with Gasteiger partial charge in [0.2, 0.25) is 0 Å². The lowest BCUT2D eigenvalue weighted by Gasteiger charge is -2.20. The van der Waals surface area contributed by atoms with Crippen molar-refractivity contribution in [2.24, 2.45) is 0 Å². The summed E-state index contributed by atoms with van der Waals surface area (Å²) in [6.07, 6.45) is 2.23. The number of rotatable bonds is 6. The van der Waals surface area contributed by atoms with Crippen LogP contribution in [-0.2, 0) is 11.3 Å². The second-order valence-corrected chi connectivity index (χ2v) is 7.26. The molecule has 154 valence electrons. The summed E-state index contributed by atoms with van der Waals surface area (Å²) < 4.78 is 1.71. The number of carboxylic acids is 1. The number of carboxylic acid groups (broad SMARTS) is 1. The minimum absolute atomic E-state index is 0.101. The van der Waals surface area contributed by atoms with Gasteiger partial charge in [-0.1, -0.05) is 47.7 Å². The van der Waals surface area contributed by atoms with Crippen molar-refractivity contribution >= 4 is 11.9 Å². The SMILES string of the molecule is O=C(NO)c1ccc(-c2cn([C@@H]3C[C@H](C(=O)O)N(Cc4ccccc4)C3)nn2)cc1. The Morgan fingerprint density at radius 1 is 1.10 bits per heavy atom. The Labute approximate surface area is 172 Å². The molecule has 30 heavy (non-hydrogen) atoms. The van der Waals surface area contributed by atoms with Crippen molar-refractivity contribution in [1.82, 2.24) is 25.4 Å². The van der Waals surface area contributed by atoms with E-state index in [1.54, 1.807) is 40.6 Å². The Morgan fingerprint density at radius 3 is 2.50 bits per heavy atom. The molecule has 1 fully saturated rings. The van der Waals surface area contributed by atoms with Gasteiger partial charge in [0.1, 0.15) is 11.7 Å². The zero-order chi connectivity index (χ0) is 21.1. The summed E-state index contributed by atoms with van der Waals surface area (Å²) in [7, 11) is 0. The monoisotopic (exact) mass is 407 g/mol. The second-order valence-electron chi connectivity index (χ2n) is 7.26. The standard InChI is InChI=1S/C21H21N5O4/c27-20(23-30)16-8-6-15(7-9-16)18-13-26(24-22-18)17-10-19(21(28)29)25(12-17)11-14-4-2-1-3-5-14/h1-9,13,17,19,30H,10-12H2,(H,23,27)(H,28,29)/t17-,19-/m1/s1. The molecule has 2 aromatic carbocycles. The van der Waals surface area contributed by atoms with Crippen LogP contribution in [0.3, 0.4) is 0 Å². The highest BCUT2D eigenvalue weighted by atomic mass is 16.5. The third-order valence-electron chi connectivity index (χ3n) is 5.32. The minimum atomic E-state index is -0.841. The lowest BCUT2D eigenvalue weighted by Crippen LogP contribution is -2.35. The molecule has 0 spiro atoms. The van der Waals surface area contributed by atoms with Gasteiger partial charge in [-0.05, 0) is 24.1 Å². The van der Waals surface area contributed by atoms with E-state index < -0.39 is 17.9 Å². The van der Waals surface area contributed by atoms with Crippen molar-refractivity contribution in [2.45, 2.75) is 25.0 Å². The number of nitrogens with one attached hydrogen (secondary N) is 1. The molecule has 0 aliphatic carbocycles. The van der Waals surface area contributed by atoms with Crippen molar-refractivity contribution in [3.05, 3.63) is 71.9 Å². The highest BCUT2D eigenvalue weighted by Crippen LogP contribution is 2.29. The average Bonchev–Trinajstić information content (AvgIpc) is 3.41. The molecule has 1 aliphatic rings. The molecule has 1 amide bonds. The van der Waals surface area contributed by atoms with Crippen LogP contribution < -0.4 is 5.48 Å². The molecule has 4 rings (SSSR count). The largest absolute Gasteiger partial charge is 0.480 e. The molecule has 3 aromatic rings. The lowest BCUT2D eigenvalue weighted by atomic mass is 10.1. The molecule has 3 N–H and O–H groups in total. The summed E-state index contributed by atoms with van der Waals surface area (Å²) in [6.45, 7) is 1.12. The van der Waals surface area contributed by atoms with Gasteiger partial charge in [0.05, 0.1) is 12.2 Å². The zero-order valence-corrected chi connectivity index (χ0v) is 16.0. The Kier molecular flexibility index (Phi) is 5.55. The third-order valence-corrected chi connectivity index (χ3v) is 5.32. The molecule has 1 aliphatic heterocycles. The smallest absolute Gasteiger partial charge is 0.321 e. The Bertz CT molecular complexity index is 1040. The van der Waals surface area contributed by atoms with E-state index >= 15 is 0 Å². The first-order valence-electron chi connectivity index (χ1n) is 9.52. The normalized spacial score (nSPS) is 19.0. The Morgan fingerprint density at radius 2 is 1.83 bits per heavy atom. The fraction of sp³-hybridized carbons (Fsp3) is 0.238. The number of amides is 1. The van der Waals surface area contributed by atoms with Gasteiger partial charge in [-0.15, -0.1) is 5.10 Å². The molecule has 2 heterocycles. The lowest BCUT2D eigenvalue weighted by molar-refractivity contribution is -0.142. The number of hydroxylamine groups is 1. The highest BCUT2D eigenvalue weighted by Gasteiger charge is 2.38. The summed E-state index contributed by atoms with van der Waals surface area (Å²) in [6, 6.07) is 15.7. The zero-order valence-electron chi connectivity index (χ0n) is 16.0. The number of hydrogen-bond acceptors (Lipinski definition) is 6. The van der Waals surface area contributed by atoms with E-state index in [-0.39, 0.29) is 6.04 Å². The van der Waals surface area contributed by atoms with Gasteiger partial charge < -0.3 is 5.11 Å². The third kappa shape index (κ3) is 4.07. The van der Waals surface area contributed by atoms with E-state index in [0.717, 1.165) is 11.1 Å². The highest BCUT2D eigenvalue weighted by molar-refractivity contribution is 5.93. The van der Waals surface area contributed by atoms with Crippen LogP contribution in [0.1, 0.15) is 28.4 Å². The van der Waals surface area contributed by atoms with Crippen molar-refractivity contribution in [3.63, 3.8) is 0 Å². The molecule has 2 atom stereocenters. The summed E-state index contributed by atoms with van der Waals surface area (Å²) in [5.74, 6) is -1.43. The number of carbonyl (C=O) groups excluding carboxylic acids is 1. The Balaban J connectivity index is 1.50. The van der Waals surface area contributed by atoms with Crippen LogP contribution in [0.15, 0.2) is 60.8 Å². The van der Waals surface area contributed by atoms with E-state index in [9.17, 15) is 14.7 Å². The van der Waals surface area contributed by atoms with Crippen molar-refractivity contribution in [1.29, 1.82) is 0 Å². The summed E-state index contributed by atoms with van der Waals surface area (Å²) in [4.78, 5) is 25.2. The van der Waals surface area contributed by atoms with Crippen LogP contribution in [-0.4, -0.2) is 54.7 Å². The van der Waals surface area contributed by atoms with E-state index in [1.807, 2.05) is 35.2 Å². The fourth-order valence-electron chi connectivity index (χ4n) is 3.76. The number of carbonyl (C=O) groups is 2. The maximum Gasteiger partial charge on any atom is 0.321 e. The maximum absolute atomic E-state index is 11.8. The number of benzene rings is 2. The minimum Gasteiger partial charge on any atom is -0.480 e. The molecular weight excluding hydrogens is 386 g/mol. The molecular formula is C21H21N5O4. The van der Waals surface area contributed by atoms with Gasteiger partial charge in [0, 0.05) is 24.2 Å². The van der Waals surface area contributed by atoms with Crippen LogP contribution in [0.2, 0.25) is 0 Å². The van der Waals surface area contributed by atoms with Crippen molar-refractivity contribution in [2.75, 3.05) is 6.54 Å². The molecule has 9 heteroatoms. The topological polar surface area (TPSA) is 121 Å². The molecule has 0 unspecified atom stereocenters. The second kappa shape index (κ2) is 8.44. The summed E-state index contributed by atoms with van der Waals surface area (Å²) in [5.41, 5.74) is 4.38. The predicted octanol–water partition coefficient (Wildman–Crippen LogP) is 1.96. The summed E-state index contributed by atoms with van der Waals surface area (Å²) in [5, 5.41) is 26.8. The summed E-state index contributed by atoms with van der Waals surface area (Å²) >= 11 is 0. The number of likely N-dealkylation sites (tertiary alicyclic amines) is 1. The number of hydrogen-bond donors (Lipinski definition) is 3. The van der Waals surface area contributed by atoms with E-state index in [2.05, 4.69) is 10.3 Å². The van der Waals surface area contributed by atoms with Gasteiger partial charge in [-0.2, -0.15) is 0 Å². The van der Waals surface area contributed by atoms with E-state index in [4.69, 9.17) is 5.21 Å². The number of aromatic nitrogens is 3. The van der Waals surface area contributed by atoms with Crippen LogP contribution in [0, 0.1) is 0 Å². The van der Waals surface area contributed by atoms with Crippen molar-refractivity contribution in [3.8, 4) is 11.3 Å². The van der Waals surface area contributed by atoms with Crippen LogP contribution in [0.25, 0.3) is 11.3 Å². The predicted molar refractivity (Wildman–Crippen MR) is 107 cm³/mol. The maximum atomic E-state index is 11.8. The van der Waals surface area contributed by atoms with Gasteiger partial charge in [-0.3, -0.25) is 19.7 Å². The van der Waals surface area contributed by atoms with Gasteiger partial charge in [0.15, 0.2) is 0 Å². The molecule has 0 saturated carbocycles. The van der Waals surface area contributed by atoms with Crippen LogP contribution >= 0.6 is 0 Å². The molecule has 9 nitrogen and oxygen atoms in total. The molecule has 1 aromatic heterocycles. The van der Waals surface area contributed by atoms with Crippen LogP contribution in [0.4, 0.5) is 0 Å². The number of nitrogens with zero attached hydrogens (tertiary/aromatic N) is 4. The molecule has 0 radical (unpaired) electrons. The molecule has 1 saturated heterocycles. The Hall–Kier alpha value is -3.56. The first kappa shape index (κ1) is 19.7.